The summed E-state index contributed by atoms with van der Waals surface area (Å²) in [7, 11) is 0. The molecular formula is C28H33N3O. The van der Waals surface area contributed by atoms with Crippen molar-refractivity contribution in [3.63, 3.8) is 0 Å². The van der Waals surface area contributed by atoms with Crippen molar-refractivity contribution in [3.8, 4) is 0 Å². The number of furan rings is 1. The summed E-state index contributed by atoms with van der Waals surface area (Å²) in [6.45, 7) is 2.29. The first-order valence-electron chi connectivity index (χ1n) is 12.7. The summed E-state index contributed by atoms with van der Waals surface area (Å²) in [5.41, 5.74) is 5.52. The smallest absolute Gasteiger partial charge is 0.230 e. The highest BCUT2D eigenvalue weighted by Crippen LogP contribution is 2.44. The maximum Gasteiger partial charge on any atom is 0.230 e. The fraction of sp³-hybridized carbons (Fsp3) is 0.536. The van der Waals surface area contributed by atoms with Gasteiger partial charge in [0.05, 0.1) is 16.8 Å². The topological polar surface area (TPSA) is 51.8 Å². The third-order valence-electron chi connectivity index (χ3n) is 7.82. The van der Waals surface area contributed by atoms with Crippen LogP contribution in [0.25, 0.3) is 16.7 Å². The molecule has 0 amide bonds. The summed E-state index contributed by atoms with van der Waals surface area (Å²) < 4.78 is 6.61. The van der Waals surface area contributed by atoms with Gasteiger partial charge >= 0.3 is 0 Å². The van der Waals surface area contributed by atoms with Gasteiger partial charge in [-0.25, -0.2) is 4.98 Å². The van der Waals surface area contributed by atoms with Crippen molar-refractivity contribution in [1.82, 2.24) is 15.0 Å². The second-order valence-corrected chi connectivity index (χ2v) is 10.2. The number of pyridine rings is 1. The van der Waals surface area contributed by atoms with Crippen LogP contribution in [0.2, 0.25) is 0 Å². The summed E-state index contributed by atoms with van der Waals surface area (Å²) >= 11 is 0. The average molecular weight is 428 g/mol. The Morgan fingerprint density at radius 1 is 0.875 bits per heavy atom. The molecule has 32 heavy (non-hydrogen) atoms. The molecule has 0 saturated heterocycles. The molecule has 1 unspecified atom stereocenters. The predicted octanol–water partition coefficient (Wildman–Crippen LogP) is 7.34. The van der Waals surface area contributed by atoms with E-state index in [1.165, 1.54) is 80.9 Å². The molecule has 2 saturated carbocycles. The van der Waals surface area contributed by atoms with Gasteiger partial charge in [-0.1, -0.05) is 57.6 Å². The minimum absolute atomic E-state index is 0.442. The molecule has 3 aromatic heterocycles. The van der Waals surface area contributed by atoms with Gasteiger partial charge in [-0.15, -0.1) is 0 Å². The normalized spacial score (nSPS) is 22.7. The Balaban J connectivity index is 1.54. The van der Waals surface area contributed by atoms with E-state index >= 15 is 0 Å². The van der Waals surface area contributed by atoms with E-state index in [9.17, 15) is 0 Å². The van der Waals surface area contributed by atoms with Crippen molar-refractivity contribution in [2.24, 2.45) is 5.92 Å². The van der Waals surface area contributed by atoms with Crippen molar-refractivity contribution in [2.75, 3.05) is 0 Å². The number of nitrogens with zero attached hydrogens (tertiary/aromatic N) is 3. The molecule has 0 aliphatic heterocycles. The van der Waals surface area contributed by atoms with Crippen LogP contribution in [0.4, 0.5) is 0 Å². The molecule has 0 spiro atoms. The maximum absolute atomic E-state index is 6.61. The Labute approximate surface area is 190 Å². The predicted molar refractivity (Wildman–Crippen MR) is 128 cm³/mol. The summed E-state index contributed by atoms with van der Waals surface area (Å²) in [5, 5.41) is 1.22. The first-order chi connectivity index (χ1) is 15.8. The Morgan fingerprint density at radius 2 is 1.62 bits per heavy atom. The van der Waals surface area contributed by atoms with Crippen LogP contribution < -0.4 is 0 Å². The number of rotatable bonds is 3. The number of fused-ring (bicyclic) bond motifs is 3. The van der Waals surface area contributed by atoms with Crippen LogP contribution in [0.3, 0.4) is 0 Å². The lowest BCUT2D eigenvalue weighted by Crippen LogP contribution is -2.14. The minimum Gasteiger partial charge on any atom is -0.437 e. The molecule has 4 heteroatoms. The van der Waals surface area contributed by atoms with Crippen molar-refractivity contribution in [3.05, 3.63) is 59.0 Å². The van der Waals surface area contributed by atoms with E-state index in [0.29, 0.717) is 17.8 Å². The van der Waals surface area contributed by atoms with Crippen LogP contribution in [-0.4, -0.2) is 15.0 Å². The first-order valence-corrected chi connectivity index (χ1v) is 12.7. The lowest BCUT2D eigenvalue weighted by Gasteiger charge is -2.25. The zero-order valence-electron chi connectivity index (χ0n) is 19.1. The molecular weight excluding hydrogens is 394 g/mol. The highest BCUT2D eigenvalue weighted by molar-refractivity contribution is 5.91. The Kier molecular flexibility index (Phi) is 5.32. The van der Waals surface area contributed by atoms with Crippen molar-refractivity contribution >= 4 is 16.7 Å². The maximum atomic E-state index is 6.61. The van der Waals surface area contributed by atoms with E-state index in [0.717, 1.165) is 35.0 Å². The number of hydrogen-bond donors (Lipinski definition) is 0. The Hall–Kier alpha value is -2.49. The van der Waals surface area contributed by atoms with Crippen LogP contribution in [0.5, 0.6) is 0 Å². The molecule has 0 bridgehead atoms. The molecule has 3 aliphatic carbocycles. The van der Waals surface area contributed by atoms with Crippen molar-refractivity contribution in [2.45, 2.75) is 89.4 Å². The summed E-state index contributed by atoms with van der Waals surface area (Å²) in [5.74, 6) is 3.49. The number of hydrogen-bond acceptors (Lipinski definition) is 4. The summed E-state index contributed by atoms with van der Waals surface area (Å²) in [6, 6.07) is 6.11. The van der Waals surface area contributed by atoms with Crippen LogP contribution in [0, 0.1) is 5.92 Å². The molecule has 3 aromatic rings. The SMILES string of the molecule is CC1C=C(c2ccccn2)c2oc3nc(C4CCCCC4)nc(C4CCCCC4)c3c2C1. The zero-order valence-corrected chi connectivity index (χ0v) is 19.1. The molecule has 2 fully saturated rings. The summed E-state index contributed by atoms with van der Waals surface area (Å²) in [6.07, 6.45) is 18.0. The number of allylic oxidation sites excluding steroid dienone is 1. The standard InChI is InChI=1S/C28H33N3O/c1-18-16-21(23-14-8-9-15-29-23)26-22(17-18)24-25(19-10-4-2-5-11-19)30-27(31-28(24)32-26)20-12-6-3-7-13-20/h8-9,14-16,18-20H,2-7,10-13,17H2,1H3. The van der Waals surface area contributed by atoms with E-state index in [2.05, 4.69) is 30.1 Å². The van der Waals surface area contributed by atoms with Gasteiger partial charge in [-0.2, -0.15) is 4.98 Å². The second kappa shape index (κ2) is 8.46. The Bertz CT molecular complexity index is 1130. The average Bonchev–Trinajstić information content (AvgIpc) is 3.23. The minimum atomic E-state index is 0.442. The highest BCUT2D eigenvalue weighted by atomic mass is 16.3. The van der Waals surface area contributed by atoms with E-state index in [1.54, 1.807) is 0 Å². The molecule has 166 valence electrons. The third kappa shape index (κ3) is 3.58. The molecule has 0 aromatic carbocycles. The van der Waals surface area contributed by atoms with Gasteiger partial charge in [-0.3, -0.25) is 4.98 Å². The van der Waals surface area contributed by atoms with Gasteiger partial charge < -0.3 is 4.42 Å². The van der Waals surface area contributed by atoms with Gasteiger partial charge in [-0.05, 0) is 50.2 Å². The largest absolute Gasteiger partial charge is 0.437 e. The monoisotopic (exact) mass is 427 g/mol. The molecule has 3 heterocycles. The van der Waals surface area contributed by atoms with E-state index < -0.39 is 0 Å². The lowest BCUT2D eigenvalue weighted by atomic mass is 9.82. The van der Waals surface area contributed by atoms with Crippen molar-refractivity contribution in [1.29, 1.82) is 0 Å². The van der Waals surface area contributed by atoms with Crippen LogP contribution >= 0.6 is 0 Å². The number of aromatic nitrogens is 3. The quantitative estimate of drug-likeness (QED) is 0.439. The third-order valence-corrected chi connectivity index (χ3v) is 7.82. The van der Waals surface area contributed by atoms with Gasteiger partial charge in [0.25, 0.3) is 0 Å². The second-order valence-electron chi connectivity index (χ2n) is 10.2. The summed E-state index contributed by atoms with van der Waals surface area (Å²) in [4.78, 5) is 15.1. The van der Waals surface area contributed by atoms with E-state index in [1.807, 2.05) is 12.3 Å². The molecule has 1 atom stereocenters. The van der Waals surface area contributed by atoms with Gasteiger partial charge in [0.2, 0.25) is 5.71 Å². The van der Waals surface area contributed by atoms with Gasteiger partial charge in [0, 0.05) is 29.2 Å². The van der Waals surface area contributed by atoms with Crippen LogP contribution in [-0.2, 0) is 6.42 Å². The van der Waals surface area contributed by atoms with Crippen LogP contribution in [0.15, 0.2) is 34.9 Å². The van der Waals surface area contributed by atoms with E-state index in [4.69, 9.17) is 14.4 Å². The molecule has 3 aliphatic rings. The van der Waals surface area contributed by atoms with E-state index in [-0.39, 0.29) is 0 Å². The van der Waals surface area contributed by atoms with Crippen LogP contribution in [0.1, 0.15) is 112 Å². The molecule has 0 radical (unpaired) electrons. The molecule has 4 nitrogen and oxygen atoms in total. The fourth-order valence-corrected chi connectivity index (χ4v) is 6.20. The molecule has 6 rings (SSSR count). The lowest BCUT2D eigenvalue weighted by molar-refractivity contribution is 0.416. The fourth-order valence-electron chi connectivity index (χ4n) is 6.20. The van der Waals surface area contributed by atoms with Crippen molar-refractivity contribution < 1.29 is 4.42 Å². The highest BCUT2D eigenvalue weighted by Gasteiger charge is 2.32. The zero-order chi connectivity index (χ0) is 21.5. The van der Waals surface area contributed by atoms with Gasteiger partial charge in [0.1, 0.15) is 11.6 Å². The Morgan fingerprint density at radius 3 is 2.34 bits per heavy atom. The first kappa shape index (κ1) is 20.1. The molecule has 0 N–H and O–H groups in total. The van der Waals surface area contributed by atoms with Gasteiger partial charge in [0.15, 0.2) is 0 Å².